The van der Waals surface area contributed by atoms with Crippen molar-refractivity contribution in [3.63, 3.8) is 0 Å². The van der Waals surface area contributed by atoms with E-state index in [0.29, 0.717) is 5.82 Å². The van der Waals surface area contributed by atoms with Gasteiger partial charge in [0.15, 0.2) is 0 Å². The SMILES string of the molecule is Cc1nn(C)c(C)c1C[C@H](C)Nc1ccc(F)cn1. The molecule has 0 fully saturated rings. The minimum atomic E-state index is -0.322. The van der Waals surface area contributed by atoms with E-state index in [1.54, 1.807) is 6.07 Å². The van der Waals surface area contributed by atoms with Gasteiger partial charge in [-0.3, -0.25) is 4.68 Å². The summed E-state index contributed by atoms with van der Waals surface area (Å²) in [5, 5.41) is 7.67. The maximum Gasteiger partial charge on any atom is 0.141 e. The van der Waals surface area contributed by atoms with Crippen LogP contribution < -0.4 is 5.32 Å². The molecule has 5 heteroatoms. The van der Waals surface area contributed by atoms with Gasteiger partial charge in [0.1, 0.15) is 11.6 Å². The number of halogens is 1. The van der Waals surface area contributed by atoms with Gasteiger partial charge in [-0.25, -0.2) is 9.37 Å². The first-order valence-corrected chi connectivity index (χ1v) is 6.34. The largest absolute Gasteiger partial charge is 0.367 e. The van der Waals surface area contributed by atoms with Crippen LogP contribution in [-0.4, -0.2) is 20.8 Å². The molecule has 4 nitrogen and oxygen atoms in total. The standard InChI is InChI=1S/C14H19FN4/c1-9(17-14-6-5-12(15)8-16-14)7-13-10(2)18-19(4)11(13)3/h5-6,8-9H,7H2,1-4H3,(H,16,17)/t9-/m0/s1. The van der Waals surface area contributed by atoms with Crippen molar-refractivity contribution < 1.29 is 4.39 Å². The van der Waals surface area contributed by atoms with Crippen LogP contribution in [0.4, 0.5) is 10.2 Å². The molecule has 19 heavy (non-hydrogen) atoms. The molecule has 0 aliphatic heterocycles. The molecule has 2 aromatic heterocycles. The molecule has 0 aliphatic carbocycles. The number of pyridine rings is 1. The predicted octanol–water partition coefficient (Wildman–Crippen LogP) is 2.61. The van der Waals surface area contributed by atoms with E-state index >= 15 is 0 Å². The molecule has 2 rings (SSSR count). The first-order valence-electron chi connectivity index (χ1n) is 6.34. The summed E-state index contributed by atoms with van der Waals surface area (Å²) in [4.78, 5) is 4.00. The van der Waals surface area contributed by atoms with E-state index in [0.717, 1.165) is 12.1 Å². The van der Waals surface area contributed by atoms with Gasteiger partial charge < -0.3 is 5.32 Å². The van der Waals surface area contributed by atoms with E-state index < -0.39 is 0 Å². The summed E-state index contributed by atoms with van der Waals surface area (Å²) >= 11 is 0. The fourth-order valence-corrected chi connectivity index (χ4v) is 2.18. The number of aryl methyl sites for hydroxylation is 2. The summed E-state index contributed by atoms with van der Waals surface area (Å²) in [5.41, 5.74) is 3.49. The second-order valence-electron chi connectivity index (χ2n) is 4.88. The van der Waals surface area contributed by atoms with Crippen LogP contribution in [-0.2, 0) is 13.5 Å². The number of nitrogens with zero attached hydrogens (tertiary/aromatic N) is 3. The van der Waals surface area contributed by atoms with E-state index in [4.69, 9.17) is 0 Å². The van der Waals surface area contributed by atoms with Gasteiger partial charge in [-0.05, 0) is 44.9 Å². The number of anilines is 1. The smallest absolute Gasteiger partial charge is 0.141 e. The first-order chi connectivity index (χ1) is 8.97. The number of rotatable bonds is 4. The van der Waals surface area contributed by atoms with Crippen LogP contribution in [0.5, 0.6) is 0 Å². The average molecular weight is 262 g/mol. The van der Waals surface area contributed by atoms with Gasteiger partial charge in [0.25, 0.3) is 0 Å². The monoisotopic (exact) mass is 262 g/mol. The van der Waals surface area contributed by atoms with Gasteiger partial charge in [0.05, 0.1) is 11.9 Å². The van der Waals surface area contributed by atoms with Crippen molar-refractivity contribution in [2.45, 2.75) is 33.2 Å². The molecule has 1 N–H and O–H groups in total. The Balaban J connectivity index is 2.05. The Morgan fingerprint density at radius 1 is 1.37 bits per heavy atom. The summed E-state index contributed by atoms with van der Waals surface area (Å²) in [5.74, 6) is 0.366. The molecule has 0 aliphatic rings. The van der Waals surface area contributed by atoms with Crippen LogP contribution in [0.3, 0.4) is 0 Å². The Labute approximate surface area is 112 Å². The Bertz CT molecular complexity index is 560. The van der Waals surface area contributed by atoms with Gasteiger partial charge >= 0.3 is 0 Å². The topological polar surface area (TPSA) is 42.7 Å². The molecule has 0 bridgehead atoms. The molecular formula is C14H19FN4. The van der Waals surface area contributed by atoms with E-state index in [2.05, 4.69) is 29.2 Å². The zero-order valence-electron chi connectivity index (χ0n) is 11.7. The molecular weight excluding hydrogens is 243 g/mol. The van der Waals surface area contributed by atoms with E-state index in [-0.39, 0.29) is 11.9 Å². The number of nitrogens with one attached hydrogen (secondary N) is 1. The van der Waals surface area contributed by atoms with Gasteiger partial charge in [-0.2, -0.15) is 5.10 Å². The summed E-state index contributed by atoms with van der Waals surface area (Å²) in [6, 6.07) is 3.26. The Kier molecular flexibility index (Phi) is 3.83. The average Bonchev–Trinajstić information content (AvgIpc) is 2.59. The van der Waals surface area contributed by atoms with Crippen LogP contribution >= 0.6 is 0 Å². The molecule has 0 aromatic carbocycles. The Morgan fingerprint density at radius 2 is 2.11 bits per heavy atom. The highest BCUT2D eigenvalue weighted by atomic mass is 19.1. The van der Waals surface area contributed by atoms with Crippen molar-refractivity contribution >= 4 is 5.82 Å². The lowest BCUT2D eigenvalue weighted by Gasteiger charge is -2.14. The lowest BCUT2D eigenvalue weighted by atomic mass is 10.1. The van der Waals surface area contributed by atoms with Crippen LogP contribution in [0.1, 0.15) is 23.9 Å². The summed E-state index contributed by atoms with van der Waals surface area (Å²) in [6.45, 7) is 6.17. The summed E-state index contributed by atoms with van der Waals surface area (Å²) in [6.07, 6.45) is 2.08. The highest BCUT2D eigenvalue weighted by Gasteiger charge is 2.13. The summed E-state index contributed by atoms with van der Waals surface area (Å²) in [7, 11) is 1.95. The Hall–Kier alpha value is -1.91. The highest BCUT2D eigenvalue weighted by molar-refractivity contribution is 5.36. The predicted molar refractivity (Wildman–Crippen MR) is 73.7 cm³/mol. The van der Waals surface area contributed by atoms with Crippen molar-refractivity contribution in [1.82, 2.24) is 14.8 Å². The van der Waals surface area contributed by atoms with Crippen LogP contribution in [0, 0.1) is 19.7 Å². The first kappa shape index (κ1) is 13.5. The third-order valence-electron chi connectivity index (χ3n) is 3.29. The molecule has 2 aromatic rings. The second kappa shape index (κ2) is 5.38. The van der Waals surface area contributed by atoms with E-state index in [1.807, 2.05) is 18.7 Å². The van der Waals surface area contributed by atoms with Crippen molar-refractivity contribution in [3.8, 4) is 0 Å². The zero-order chi connectivity index (χ0) is 14.0. The molecule has 102 valence electrons. The Morgan fingerprint density at radius 3 is 2.63 bits per heavy atom. The van der Waals surface area contributed by atoms with Crippen LogP contribution in [0.25, 0.3) is 0 Å². The molecule has 0 amide bonds. The third kappa shape index (κ3) is 3.10. The normalized spacial score (nSPS) is 12.5. The maximum atomic E-state index is 12.8. The van der Waals surface area contributed by atoms with Gasteiger partial charge in [-0.15, -0.1) is 0 Å². The molecule has 2 heterocycles. The van der Waals surface area contributed by atoms with Gasteiger partial charge in [0.2, 0.25) is 0 Å². The fraction of sp³-hybridized carbons (Fsp3) is 0.429. The molecule has 0 unspecified atom stereocenters. The third-order valence-corrected chi connectivity index (χ3v) is 3.29. The molecule has 0 radical (unpaired) electrons. The van der Waals surface area contributed by atoms with Crippen molar-refractivity contribution in [1.29, 1.82) is 0 Å². The quantitative estimate of drug-likeness (QED) is 0.921. The molecule has 0 spiro atoms. The van der Waals surface area contributed by atoms with Crippen molar-refractivity contribution in [3.05, 3.63) is 41.1 Å². The minimum Gasteiger partial charge on any atom is -0.367 e. The molecule has 0 saturated heterocycles. The number of aromatic nitrogens is 3. The van der Waals surface area contributed by atoms with Crippen molar-refractivity contribution in [2.24, 2.45) is 7.05 Å². The summed E-state index contributed by atoms with van der Waals surface area (Å²) < 4.78 is 14.7. The molecule has 0 saturated carbocycles. The minimum absolute atomic E-state index is 0.208. The van der Waals surface area contributed by atoms with Gasteiger partial charge in [0, 0.05) is 18.8 Å². The van der Waals surface area contributed by atoms with Crippen LogP contribution in [0.15, 0.2) is 18.3 Å². The zero-order valence-corrected chi connectivity index (χ0v) is 11.7. The fourth-order valence-electron chi connectivity index (χ4n) is 2.18. The van der Waals surface area contributed by atoms with E-state index in [1.165, 1.54) is 23.5 Å². The highest BCUT2D eigenvalue weighted by Crippen LogP contribution is 2.16. The van der Waals surface area contributed by atoms with Gasteiger partial charge in [-0.1, -0.05) is 0 Å². The maximum absolute atomic E-state index is 12.8. The van der Waals surface area contributed by atoms with Crippen LogP contribution in [0.2, 0.25) is 0 Å². The lowest BCUT2D eigenvalue weighted by molar-refractivity contribution is 0.621. The lowest BCUT2D eigenvalue weighted by Crippen LogP contribution is -2.19. The van der Waals surface area contributed by atoms with E-state index in [9.17, 15) is 4.39 Å². The number of hydrogen-bond donors (Lipinski definition) is 1. The second-order valence-corrected chi connectivity index (χ2v) is 4.88. The van der Waals surface area contributed by atoms with Crippen molar-refractivity contribution in [2.75, 3.05) is 5.32 Å². The molecule has 1 atom stereocenters. The number of hydrogen-bond acceptors (Lipinski definition) is 3.